The molecule has 0 nitrogen and oxygen atoms in total. The average Bonchev–Trinajstić information content (AvgIpc) is 2.03. The van der Waals surface area contributed by atoms with Crippen LogP contribution in [0.5, 0.6) is 0 Å². The molecule has 2 heteroatoms. The molecule has 0 bridgehead atoms. The van der Waals surface area contributed by atoms with Crippen molar-refractivity contribution < 1.29 is 0 Å². The highest BCUT2D eigenvalue weighted by Gasteiger charge is 1.92. The molecule has 0 amide bonds. The van der Waals surface area contributed by atoms with Gasteiger partial charge in [-0.05, 0) is 19.5 Å². The van der Waals surface area contributed by atoms with Crippen LogP contribution in [-0.2, 0) is 0 Å². The number of hydrogen-bond acceptors (Lipinski definition) is 0. The maximum Gasteiger partial charge on any atom is 0.0540 e. The maximum atomic E-state index is 2.32. The first-order valence-electron chi connectivity index (χ1n) is 4.96. The predicted molar refractivity (Wildman–Crippen MR) is 62.2 cm³/mol. The van der Waals surface area contributed by atoms with E-state index >= 15 is 0 Å². The summed E-state index contributed by atoms with van der Waals surface area (Å²) < 4.78 is 0. The fourth-order valence-corrected chi connectivity index (χ4v) is 4.11. The first kappa shape index (κ1) is 11.9. The Hall–Kier alpha value is 0.860. The van der Waals surface area contributed by atoms with E-state index in [9.17, 15) is 0 Å². The predicted octanol–water partition coefficient (Wildman–Crippen LogP) is 3.98. The summed E-state index contributed by atoms with van der Waals surface area (Å²) in [7, 11) is 2.16. The topological polar surface area (TPSA) is 0 Å². The molecule has 0 radical (unpaired) electrons. The Bertz CT molecular complexity index is 56.6. The number of rotatable bonds is 8. The van der Waals surface area contributed by atoms with Crippen molar-refractivity contribution in [3.63, 3.8) is 0 Å². The Kier molecular flexibility index (Phi) is 11.7. The summed E-state index contributed by atoms with van der Waals surface area (Å²) in [6, 6.07) is 0. The lowest BCUT2D eigenvalue weighted by Gasteiger charge is -1.96. The van der Waals surface area contributed by atoms with Gasteiger partial charge in [0.1, 0.15) is 0 Å². The smallest absolute Gasteiger partial charge is 0.0540 e. The van der Waals surface area contributed by atoms with E-state index in [1.165, 1.54) is 52.7 Å². The zero-order chi connectivity index (χ0) is 8.36. The van der Waals surface area contributed by atoms with E-state index in [2.05, 4.69) is 13.8 Å². The molecule has 0 aliphatic carbocycles. The highest BCUT2D eigenvalue weighted by molar-refractivity contribution is 8.11. The molecule has 0 saturated heterocycles. The molecule has 0 fully saturated rings. The van der Waals surface area contributed by atoms with Crippen LogP contribution in [0, 0.1) is 0 Å². The van der Waals surface area contributed by atoms with Crippen LogP contribution in [0.2, 0.25) is 0 Å². The molecule has 0 N–H and O–H groups in total. The number of unbranched alkanes of at least 4 members (excludes halogenated alkanes) is 4. The SMILES string of the molecule is CCCCCCCP[PH2+]CC. The van der Waals surface area contributed by atoms with Gasteiger partial charge in [0.25, 0.3) is 0 Å². The third kappa shape index (κ3) is 10.9. The quantitative estimate of drug-likeness (QED) is 0.404. The van der Waals surface area contributed by atoms with Crippen molar-refractivity contribution in [3.8, 4) is 0 Å². The van der Waals surface area contributed by atoms with Crippen molar-refractivity contribution in [2.24, 2.45) is 0 Å². The van der Waals surface area contributed by atoms with E-state index in [0.29, 0.717) is 0 Å². The van der Waals surface area contributed by atoms with E-state index in [1.807, 2.05) is 0 Å². The van der Waals surface area contributed by atoms with Gasteiger partial charge in [-0.1, -0.05) is 32.6 Å². The lowest BCUT2D eigenvalue weighted by atomic mass is 10.2. The molecule has 2 unspecified atom stereocenters. The largest absolute Gasteiger partial charge is 0.0654 e. The van der Waals surface area contributed by atoms with Gasteiger partial charge in [0.05, 0.1) is 6.16 Å². The van der Waals surface area contributed by atoms with Gasteiger partial charge in [-0.3, -0.25) is 0 Å². The standard InChI is InChI=1S/C9H22P2/c1-3-5-6-7-8-9-11-10-4-2/h10-11H,3-9H2,1-2H3/p+1. The van der Waals surface area contributed by atoms with E-state index in [4.69, 9.17) is 0 Å². The average molecular weight is 193 g/mol. The van der Waals surface area contributed by atoms with Gasteiger partial charge >= 0.3 is 0 Å². The van der Waals surface area contributed by atoms with E-state index in [1.54, 1.807) is 0 Å². The van der Waals surface area contributed by atoms with Crippen LogP contribution in [0.1, 0.15) is 46.0 Å². The summed E-state index contributed by atoms with van der Waals surface area (Å²) in [5.74, 6) is 0. The van der Waals surface area contributed by atoms with Gasteiger partial charge in [0.2, 0.25) is 0 Å². The molecule has 0 aliphatic rings. The van der Waals surface area contributed by atoms with Gasteiger partial charge in [-0.25, -0.2) is 0 Å². The maximum absolute atomic E-state index is 2.32. The summed E-state index contributed by atoms with van der Waals surface area (Å²) >= 11 is 0. The van der Waals surface area contributed by atoms with Crippen LogP contribution in [0.25, 0.3) is 0 Å². The Morgan fingerprint density at radius 2 is 1.73 bits per heavy atom. The Morgan fingerprint density at radius 1 is 1.00 bits per heavy atom. The third-order valence-electron chi connectivity index (χ3n) is 1.77. The lowest BCUT2D eigenvalue weighted by molar-refractivity contribution is 0.659. The normalized spacial score (nSPS) is 12.5. The van der Waals surface area contributed by atoms with Crippen molar-refractivity contribution in [1.82, 2.24) is 0 Å². The second kappa shape index (κ2) is 10.9. The van der Waals surface area contributed by atoms with Gasteiger partial charge in [0.15, 0.2) is 0 Å². The Labute approximate surface area is 75.4 Å². The summed E-state index contributed by atoms with van der Waals surface area (Å²) in [6.07, 6.45) is 10.3. The molecule has 2 atom stereocenters. The number of hydrogen-bond donors (Lipinski definition) is 0. The highest BCUT2D eigenvalue weighted by atomic mass is 32.0. The van der Waals surface area contributed by atoms with E-state index in [-0.39, 0.29) is 0 Å². The van der Waals surface area contributed by atoms with Gasteiger partial charge in [-0.15, -0.1) is 0 Å². The van der Waals surface area contributed by atoms with Gasteiger partial charge in [-0.2, -0.15) is 0 Å². The molecule has 11 heavy (non-hydrogen) atoms. The fraction of sp³-hybridized carbons (Fsp3) is 1.00. The Balaban J connectivity index is 2.69. The minimum absolute atomic E-state index is 0.832. The zero-order valence-electron chi connectivity index (χ0n) is 8.03. The monoisotopic (exact) mass is 193 g/mol. The van der Waals surface area contributed by atoms with Gasteiger partial charge in [0, 0.05) is 16.5 Å². The van der Waals surface area contributed by atoms with Crippen molar-refractivity contribution in [2.75, 3.05) is 12.3 Å². The summed E-state index contributed by atoms with van der Waals surface area (Å²) in [6.45, 7) is 4.60. The molecule has 0 heterocycles. The minimum Gasteiger partial charge on any atom is -0.0654 e. The van der Waals surface area contributed by atoms with Crippen molar-refractivity contribution in [2.45, 2.75) is 46.0 Å². The summed E-state index contributed by atoms with van der Waals surface area (Å²) in [4.78, 5) is 0. The highest BCUT2D eigenvalue weighted by Crippen LogP contribution is 2.36. The van der Waals surface area contributed by atoms with Crippen LogP contribution < -0.4 is 0 Å². The molecule has 0 rings (SSSR count). The van der Waals surface area contributed by atoms with Crippen molar-refractivity contribution in [1.29, 1.82) is 0 Å². The molecule has 0 aromatic heterocycles. The first-order valence-corrected chi connectivity index (χ1v) is 8.80. The van der Waals surface area contributed by atoms with Crippen LogP contribution >= 0.6 is 16.5 Å². The van der Waals surface area contributed by atoms with Crippen molar-refractivity contribution >= 4 is 16.5 Å². The second-order valence-electron chi connectivity index (χ2n) is 2.98. The van der Waals surface area contributed by atoms with Crippen LogP contribution in [0.15, 0.2) is 0 Å². The second-order valence-corrected chi connectivity index (χ2v) is 7.56. The van der Waals surface area contributed by atoms with Crippen LogP contribution in [0.4, 0.5) is 0 Å². The zero-order valence-corrected chi connectivity index (χ0v) is 10.2. The fourth-order valence-electron chi connectivity index (χ4n) is 1.08. The van der Waals surface area contributed by atoms with Gasteiger partial charge < -0.3 is 0 Å². The summed E-state index contributed by atoms with van der Waals surface area (Å²) in [5.41, 5.74) is 0. The van der Waals surface area contributed by atoms with Crippen LogP contribution in [-0.4, -0.2) is 12.3 Å². The Morgan fingerprint density at radius 3 is 2.36 bits per heavy atom. The van der Waals surface area contributed by atoms with Crippen LogP contribution in [0.3, 0.4) is 0 Å². The third-order valence-corrected chi connectivity index (χ3v) is 6.07. The van der Waals surface area contributed by atoms with E-state index in [0.717, 1.165) is 8.27 Å². The molecule has 0 spiro atoms. The molecule has 0 saturated carbocycles. The lowest BCUT2D eigenvalue weighted by Crippen LogP contribution is -1.78. The molecular formula is C9H23P2+. The molecular weight excluding hydrogens is 170 g/mol. The first-order chi connectivity index (χ1) is 5.41. The van der Waals surface area contributed by atoms with Crippen molar-refractivity contribution in [3.05, 3.63) is 0 Å². The molecule has 0 aliphatic heterocycles. The molecule has 0 aromatic rings. The molecule has 0 aromatic carbocycles. The minimum atomic E-state index is 0.832. The molecule has 68 valence electrons. The van der Waals surface area contributed by atoms with E-state index < -0.39 is 0 Å². The summed E-state index contributed by atoms with van der Waals surface area (Å²) in [5, 5.41) is 0.